The molecule has 0 amide bonds. The molecule has 0 radical (unpaired) electrons. The molecular formula is C34H42FN5O4. The third-order valence-corrected chi connectivity index (χ3v) is 7.89. The van der Waals surface area contributed by atoms with Crippen LogP contribution in [0.5, 0.6) is 5.75 Å². The van der Waals surface area contributed by atoms with E-state index >= 15 is 0 Å². The summed E-state index contributed by atoms with van der Waals surface area (Å²) in [4.78, 5) is 26.3. The maximum absolute atomic E-state index is 13.4. The first-order valence-corrected chi connectivity index (χ1v) is 14.8. The van der Waals surface area contributed by atoms with Crippen LogP contribution < -0.4 is 14.5 Å². The molecule has 1 aromatic carbocycles. The van der Waals surface area contributed by atoms with Crippen molar-refractivity contribution >= 4 is 17.3 Å². The largest absolute Gasteiger partial charge is 0.490 e. The molecule has 1 fully saturated rings. The summed E-state index contributed by atoms with van der Waals surface area (Å²) in [7, 11) is 1.91. The lowest BCUT2D eigenvalue weighted by atomic mass is 9.82. The van der Waals surface area contributed by atoms with Crippen molar-refractivity contribution in [1.82, 2.24) is 9.97 Å². The van der Waals surface area contributed by atoms with Crippen LogP contribution in [-0.4, -0.2) is 59.9 Å². The molecule has 0 unspecified atom stereocenters. The lowest BCUT2D eigenvalue weighted by Crippen LogP contribution is -2.39. The van der Waals surface area contributed by atoms with Crippen molar-refractivity contribution in [3.63, 3.8) is 0 Å². The van der Waals surface area contributed by atoms with E-state index in [4.69, 9.17) is 14.5 Å². The van der Waals surface area contributed by atoms with Gasteiger partial charge >= 0.3 is 5.97 Å². The third kappa shape index (κ3) is 7.83. The van der Waals surface area contributed by atoms with Crippen LogP contribution in [-0.2, 0) is 9.53 Å². The Hall–Kier alpha value is -4.23. The summed E-state index contributed by atoms with van der Waals surface area (Å²) in [5, 5.41) is 19.6. The second-order valence-corrected chi connectivity index (χ2v) is 13.0. The molecule has 3 aromatic rings. The van der Waals surface area contributed by atoms with Crippen LogP contribution in [0.3, 0.4) is 0 Å². The van der Waals surface area contributed by atoms with Gasteiger partial charge in [0.05, 0.1) is 41.0 Å². The van der Waals surface area contributed by atoms with Gasteiger partial charge in [-0.15, -0.1) is 0 Å². The number of hydrogen-bond acceptors (Lipinski definition) is 8. The van der Waals surface area contributed by atoms with Crippen LogP contribution in [0.1, 0.15) is 70.4 Å². The fourth-order valence-corrected chi connectivity index (χ4v) is 5.28. The zero-order valence-corrected chi connectivity index (χ0v) is 26.6. The molecule has 10 heteroatoms. The summed E-state index contributed by atoms with van der Waals surface area (Å²) in [6.07, 6.45) is 4.28. The zero-order chi connectivity index (χ0) is 32.2. The highest BCUT2D eigenvalue weighted by molar-refractivity contribution is 5.85. The van der Waals surface area contributed by atoms with Gasteiger partial charge in [0, 0.05) is 43.2 Å². The second-order valence-electron chi connectivity index (χ2n) is 13.0. The molecule has 4 rings (SSSR count). The number of nitriles is 1. The molecule has 1 aliphatic rings. The Morgan fingerprint density at radius 3 is 2.48 bits per heavy atom. The SMILES string of the molecule is Cc1ncc(-c2ccc(N(C)CCOc3ccc(F)cc3C#N)cn2)c(N2CCC(C)(C)CC2)c1[C@H](OC(C)(C)C)C(=O)O. The number of halogens is 1. The monoisotopic (exact) mass is 603 g/mol. The number of piperidine rings is 1. The number of carbonyl (C=O) groups is 1. The van der Waals surface area contributed by atoms with Crippen molar-refractivity contribution in [2.45, 2.75) is 66.1 Å². The first-order valence-electron chi connectivity index (χ1n) is 14.8. The maximum atomic E-state index is 13.4. The van der Waals surface area contributed by atoms with E-state index in [9.17, 15) is 19.6 Å². The van der Waals surface area contributed by atoms with Gasteiger partial charge in [0.25, 0.3) is 0 Å². The van der Waals surface area contributed by atoms with Crippen LogP contribution in [0, 0.1) is 29.5 Å². The molecule has 2 aromatic heterocycles. The van der Waals surface area contributed by atoms with Gasteiger partial charge in [-0.05, 0) is 76.3 Å². The van der Waals surface area contributed by atoms with Gasteiger partial charge in [0.2, 0.25) is 0 Å². The molecule has 0 spiro atoms. The molecule has 1 saturated heterocycles. The summed E-state index contributed by atoms with van der Waals surface area (Å²) < 4.78 is 25.3. The van der Waals surface area contributed by atoms with E-state index in [-0.39, 0.29) is 17.6 Å². The fourth-order valence-electron chi connectivity index (χ4n) is 5.28. The van der Waals surface area contributed by atoms with Gasteiger partial charge in [-0.25, -0.2) is 9.18 Å². The Morgan fingerprint density at radius 2 is 1.89 bits per heavy atom. The lowest BCUT2D eigenvalue weighted by molar-refractivity contribution is -0.160. The Labute approximate surface area is 259 Å². The third-order valence-electron chi connectivity index (χ3n) is 7.89. The van der Waals surface area contributed by atoms with E-state index in [2.05, 4.69) is 23.7 Å². The Balaban J connectivity index is 1.64. The van der Waals surface area contributed by atoms with Crippen LogP contribution in [0.15, 0.2) is 42.7 Å². The minimum atomic E-state index is -1.19. The van der Waals surface area contributed by atoms with Crippen molar-refractivity contribution in [1.29, 1.82) is 5.26 Å². The van der Waals surface area contributed by atoms with E-state index in [1.54, 1.807) is 12.4 Å². The van der Waals surface area contributed by atoms with E-state index in [1.807, 2.05) is 57.8 Å². The highest BCUT2D eigenvalue weighted by Crippen LogP contribution is 2.43. The smallest absolute Gasteiger partial charge is 0.337 e. The van der Waals surface area contributed by atoms with Gasteiger partial charge in [-0.2, -0.15) is 5.26 Å². The normalized spacial score (nSPS) is 15.4. The minimum Gasteiger partial charge on any atom is -0.490 e. The molecule has 3 heterocycles. The number of aliphatic carboxylic acids is 1. The van der Waals surface area contributed by atoms with E-state index in [0.717, 1.165) is 48.9 Å². The van der Waals surface area contributed by atoms with Crippen LogP contribution in [0.4, 0.5) is 15.8 Å². The van der Waals surface area contributed by atoms with Crippen molar-refractivity contribution in [3.05, 3.63) is 65.4 Å². The van der Waals surface area contributed by atoms with Gasteiger partial charge in [0.15, 0.2) is 6.10 Å². The number of likely N-dealkylation sites (N-methyl/N-ethyl adjacent to an activating group) is 1. The van der Waals surface area contributed by atoms with Crippen LogP contribution in [0.2, 0.25) is 0 Å². The number of aryl methyl sites for hydroxylation is 1. The molecule has 1 N–H and O–H groups in total. The maximum Gasteiger partial charge on any atom is 0.337 e. The number of ether oxygens (including phenoxy) is 2. The molecule has 0 aliphatic carbocycles. The van der Waals surface area contributed by atoms with E-state index in [0.29, 0.717) is 29.2 Å². The average molecular weight is 604 g/mol. The van der Waals surface area contributed by atoms with Crippen molar-refractivity contribution in [3.8, 4) is 23.1 Å². The summed E-state index contributed by atoms with van der Waals surface area (Å²) in [6.45, 7) is 14.2. The molecule has 9 nitrogen and oxygen atoms in total. The number of pyridine rings is 2. The average Bonchev–Trinajstić information content (AvgIpc) is 2.96. The number of carboxylic acids is 1. The Morgan fingerprint density at radius 1 is 1.18 bits per heavy atom. The predicted octanol–water partition coefficient (Wildman–Crippen LogP) is 6.55. The molecule has 44 heavy (non-hydrogen) atoms. The molecule has 234 valence electrons. The number of hydrogen-bond donors (Lipinski definition) is 1. The van der Waals surface area contributed by atoms with Gasteiger partial charge in [-0.1, -0.05) is 13.8 Å². The molecule has 0 saturated carbocycles. The second kappa shape index (κ2) is 13.2. The topological polar surface area (TPSA) is 112 Å². The summed E-state index contributed by atoms with van der Waals surface area (Å²) in [5.41, 5.74) is 3.92. The highest BCUT2D eigenvalue weighted by atomic mass is 19.1. The number of anilines is 2. The zero-order valence-electron chi connectivity index (χ0n) is 26.6. The summed E-state index contributed by atoms with van der Waals surface area (Å²) >= 11 is 0. The quantitative estimate of drug-likeness (QED) is 0.276. The van der Waals surface area contributed by atoms with E-state index in [1.165, 1.54) is 12.1 Å². The Kier molecular flexibility index (Phi) is 9.79. The first-order chi connectivity index (χ1) is 20.7. The van der Waals surface area contributed by atoms with Gasteiger partial charge in [-0.3, -0.25) is 9.97 Å². The van der Waals surface area contributed by atoms with Gasteiger partial charge in [0.1, 0.15) is 24.2 Å². The number of carboxylic acid groups (broad SMARTS) is 1. The van der Waals surface area contributed by atoms with Crippen molar-refractivity contribution < 1.29 is 23.8 Å². The predicted molar refractivity (Wildman–Crippen MR) is 169 cm³/mol. The highest BCUT2D eigenvalue weighted by Gasteiger charge is 2.36. The number of benzene rings is 1. The van der Waals surface area contributed by atoms with Crippen LogP contribution in [0.25, 0.3) is 11.3 Å². The van der Waals surface area contributed by atoms with Crippen molar-refractivity contribution in [2.75, 3.05) is 43.1 Å². The first kappa shape index (κ1) is 32.7. The lowest BCUT2D eigenvalue weighted by Gasteiger charge is -2.40. The van der Waals surface area contributed by atoms with Crippen molar-refractivity contribution in [2.24, 2.45) is 5.41 Å². The van der Waals surface area contributed by atoms with Crippen LogP contribution >= 0.6 is 0 Å². The number of aromatic nitrogens is 2. The van der Waals surface area contributed by atoms with Gasteiger partial charge < -0.3 is 24.4 Å². The standard InChI is InChI=1S/C34H42FN5O4/c1-22-29(31(32(41)42)44-33(2,3)4)30(40-14-12-34(5,6)13-15-40)26(21-37-22)27-10-9-25(20-38-27)39(7)16-17-43-28-11-8-24(35)18-23(28)19-36/h8-11,18,20-21,31H,12-17H2,1-7H3,(H,41,42)/t31-/m0/s1. The molecule has 1 aliphatic heterocycles. The molecule has 1 atom stereocenters. The van der Waals surface area contributed by atoms with E-state index < -0.39 is 23.5 Å². The number of rotatable bonds is 10. The summed E-state index contributed by atoms with van der Waals surface area (Å²) in [5.74, 6) is -1.21. The minimum absolute atomic E-state index is 0.149. The fraction of sp³-hybridized carbons (Fsp3) is 0.471. The molecule has 0 bridgehead atoms. The molecular weight excluding hydrogens is 561 g/mol. The Bertz CT molecular complexity index is 1520. The number of nitrogens with zero attached hydrogens (tertiary/aromatic N) is 5. The summed E-state index contributed by atoms with van der Waals surface area (Å²) in [6, 6.07) is 9.69.